The molecule has 1 aromatic carbocycles. The number of amides is 1. The van der Waals surface area contributed by atoms with Crippen LogP contribution in [0.1, 0.15) is 24.8 Å². The minimum Gasteiger partial charge on any atom is -0.492 e. The molecule has 5 heteroatoms. The first-order valence-electron chi connectivity index (χ1n) is 9.63. The average Bonchev–Trinajstić information content (AvgIpc) is 2.64. The first-order chi connectivity index (χ1) is 12.2. The van der Waals surface area contributed by atoms with E-state index in [4.69, 9.17) is 4.74 Å². The number of aryl methyl sites for hydroxylation is 1. The molecule has 0 aliphatic carbocycles. The van der Waals surface area contributed by atoms with Crippen LogP contribution in [0.2, 0.25) is 0 Å². The molecule has 2 saturated heterocycles. The van der Waals surface area contributed by atoms with Crippen molar-refractivity contribution >= 4 is 5.91 Å². The zero-order valence-electron chi connectivity index (χ0n) is 15.5. The number of piperidine rings is 1. The van der Waals surface area contributed by atoms with Crippen LogP contribution in [0.5, 0.6) is 5.75 Å². The van der Waals surface area contributed by atoms with Gasteiger partial charge in [0.15, 0.2) is 0 Å². The summed E-state index contributed by atoms with van der Waals surface area (Å²) in [5.41, 5.74) is 1.23. The van der Waals surface area contributed by atoms with Crippen molar-refractivity contribution < 1.29 is 9.53 Å². The van der Waals surface area contributed by atoms with Gasteiger partial charge in [-0.05, 0) is 43.9 Å². The predicted molar refractivity (Wildman–Crippen MR) is 100.0 cm³/mol. The Morgan fingerprint density at radius 3 is 2.44 bits per heavy atom. The van der Waals surface area contributed by atoms with E-state index in [9.17, 15) is 4.79 Å². The fourth-order valence-electron chi connectivity index (χ4n) is 3.60. The van der Waals surface area contributed by atoms with Gasteiger partial charge in [-0.3, -0.25) is 14.6 Å². The molecule has 1 amide bonds. The number of hydrogen-bond donors (Lipinski definition) is 0. The highest BCUT2D eigenvalue weighted by Gasteiger charge is 2.22. The lowest BCUT2D eigenvalue weighted by molar-refractivity contribution is -0.133. The molecule has 3 rings (SSSR count). The van der Waals surface area contributed by atoms with Crippen LogP contribution < -0.4 is 4.74 Å². The molecule has 0 atom stereocenters. The van der Waals surface area contributed by atoms with Gasteiger partial charge in [0.1, 0.15) is 12.4 Å². The summed E-state index contributed by atoms with van der Waals surface area (Å²) in [4.78, 5) is 19.1. The smallest absolute Gasteiger partial charge is 0.236 e. The van der Waals surface area contributed by atoms with Crippen molar-refractivity contribution in [3.63, 3.8) is 0 Å². The van der Waals surface area contributed by atoms with E-state index >= 15 is 0 Å². The molecular weight excluding hydrogens is 314 g/mol. The molecule has 2 heterocycles. The molecule has 0 bridgehead atoms. The number of rotatable bonds is 6. The van der Waals surface area contributed by atoms with Crippen LogP contribution in [0.25, 0.3) is 0 Å². The van der Waals surface area contributed by atoms with Gasteiger partial charge in [-0.25, -0.2) is 0 Å². The predicted octanol–water partition coefficient (Wildman–Crippen LogP) is 2.00. The monoisotopic (exact) mass is 345 g/mol. The molecule has 2 aliphatic heterocycles. The quantitative estimate of drug-likeness (QED) is 0.790. The van der Waals surface area contributed by atoms with E-state index in [1.807, 2.05) is 17.0 Å². The Bertz CT molecular complexity index is 550. The molecule has 138 valence electrons. The van der Waals surface area contributed by atoms with Crippen LogP contribution in [0.15, 0.2) is 24.3 Å². The van der Waals surface area contributed by atoms with Crippen molar-refractivity contribution in [1.29, 1.82) is 0 Å². The zero-order valence-corrected chi connectivity index (χ0v) is 15.5. The number of carbonyl (C=O) groups is 1. The zero-order chi connectivity index (χ0) is 17.5. The van der Waals surface area contributed by atoms with Gasteiger partial charge in [-0.2, -0.15) is 0 Å². The Kier molecular flexibility index (Phi) is 6.70. The number of ether oxygens (including phenoxy) is 1. The lowest BCUT2D eigenvalue weighted by Crippen LogP contribution is -2.51. The van der Waals surface area contributed by atoms with Gasteiger partial charge in [0.2, 0.25) is 5.91 Å². The third-order valence-corrected chi connectivity index (χ3v) is 5.20. The molecule has 25 heavy (non-hydrogen) atoms. The summed E-state index contributed by atoms with van der Waals surface area (Å²) in [7, 11) is 0. The Balaban J connectivity index is 1.32. The van der Waals surface area contributed by atoms with Crippen LogP contribution in [0, 0.1) is 6.92 Å². The second kappa shape index (κ2) is 9.20. The SMILES string of the molecule is Cc1cccc(OCCN2CCN(CC(=O)N3CCCCC3)CC2)c1. The minimum absolute atomic E-state index is 0.316. The topological polar surface area (TPSA) is 36.0 Å². The molecule has 0 N–H and O–H groups in total. The van der Waals surface area contributed by atoms with Crippen LogP contribution in [0.4, 0.5) is 0 Å². The summed E-state index contributed by atoms with van der Waals surface area (Å²) in [6.45, 7) is 10.2. The molecule has 0 radical (unpaired) electrons. The number of carbonyl (C=O) groups excluding carboxylic acids is 1. The van der Waals surface area contributed by atoms with E-state index in [0.29, 0.717) is 12.5 Å². The number of likely N-dealkylation sites (tertiary alicyclic amines) is 1. The third-order valence-electron chi connectivity index (χ3n) is 5.20. The fraction of sp³-hybridized carbons (Fsp3) is 0.650. The Hall–Kier alpha value is -1.59. The van der Waals surface area contributed by atoms with Gasteiger partial charge in [0, 0.05) is 45.8 Å². The first kappa shape index (κ1) is 18.2. The normalized spacial score (nSPS) is 19.8. The summed E-state index contributed by atoms with van der Waals surface area (Å²) < 4.78 is 5.84. The molecule has 0 aromatic heterocycles. The summed E-state index contributed by atoms with van der Waals surface area (Å²) in [5, 5.41) is 0. The Labute approximate surface area is 151 Å². The van der Waals surface area contributed by atoms with Crippen LogP contribution in [0.3, 0.4) is 0 Å². The lowest BCUT2D eigenvalue weighted by Gasteiger charge is -2.36. The molecule has 0 unspecified atom stereocenters. The highest BCUT2D eigenvalue weighted by Crippen LogP contribution is 2.13. The first-order valence-corrected chi connectivity index (χ1v) is 9.63. The molecule has 2 aliphatic rings. The molecule has 1 aromatic rings. The minimum atomic E-state index is 0.316. The number of piperazine rings is 1. The highest BCUT2D eigenvalue weighted by atomic mass is 16.5. The number of benzene rings is 1. The van der Waals surface area contributed by atoms with E-state index in [-0.39, 0.29) is 0 Å². The summed E-state index contributed by atoms with van der Waals surface area (Å²) in [5.74, 6) is 1.27. The highest BCUT2D eigenvalue weighted by molar-refractivity contribution is 5.78. The van der Waals surface area contributed by atoms with Crippen molar-refractivity contribution in [3.05, 3.63) is 29.8 Å². The van der Waals surface area contributed by atoms with Crippen molar-refractivity contribution in [1.82, 2.24) is 14.7 Å². The van der Waals surface area contributed by atoms with Crippen LogP contribution in [-0.4, -0.2) is 79.6 Å². The molecule has 0 saturated carbocycles. The maximum atomic E-state index is 12.4. The van der Waals surface area contributed by atoms with Crippen LogP contribution >= 0.6 is 0 Å². The van der Waals surface area contributed by atoms with E-state index < -0.39 is 0 Å². The lowest BCUT2D eigenvalue weighted by atomic mass is 10.1. The Morgan fingerprint density at radius 2 is 1.72 bits per heavy atom. The van der Waals surface area contributed by atoms with Gasteiger partial charge in [-0.15, -0.1) is 0 Å². The fourth-order valence-corrected chi connectivity index (χ4v) is 3.60. The van der Waals surface area contributed by atoms with Gasteiger partial charge in [0.25, 0.3) is 0 Å². The van der Waals surface area contributed by atoms with Gasteiger partial charge in [0.05, 0.1) is 6.54 Å². The molecule has 0 spiro atoms. The van der Waals surface area contributed by atoms with Crippen molar-refractivity contribution in [2.24, 2.45) is 0 Å². The molecule has 2 fully saturated rings. The summed E-state index contributed by atoms with van der Waals surface area (Å²) >= 11 is 0. The number of hydrogen-bond acceptors (Lipinski definition) is 4. The largest absolute Gasteiger partial charge is 0.492 e. The van der Waals surface area contributed by atoms with E-state index in [2.05, 4.69) is 28.9 Å². The second-order valence-electron chi connectivity index (χ2n) is 7.22. The standard InChI is InChI=1S/C20H31N3O2/c1-18-6-5-7-19(16-18)25-15-14-21-10-12-22(13-11-21)17-20(24)23-8-3-2-4-9-23/h5-7,16H,2-4,8-15,17H2,1H3. The average molecular weight is 345 g/mol. The third kappa shape index (κ3) is 5.72. The van der Waals surface area contributed by atoms with Crippen molar-refractivity contribution in [2.45, 2.75) is 26.2 Å². The summed E-state index contributed by atoms with van der Waals surface area (Å²) in [6.07, 6.45) is 3.61. The molecule has 5 nitrogen and oxygen atoms in total. The maximum absolute atomic E-state index is 12.4. The van der Waals surface area contributed by atoms with Crippen molar-refractivity contribution in [3.8, 4) is 5.75 Å². The van der Waals surface area contributed by atoms with E-state index in [1.54, 1.807) is 0 Å². The summed E-state index contributed by atoms with van der Waals surface area (Å²) in [6, 6.07) is 8.20. The van der Waals surface area contributed by atoms with Gasteiger partial charge < -0.3 is 9.64 Å². The van der Waals surface area contributed by atoms with Crippen molar-refractivity contribution in [2.75, 3.05) is 59.0 Å². The number of nitrogens with zero attached hydrogens (tertiary/aromatic N) is 3. The molecular formula is C20H31N3O2. The second-order valence-corrected chi connectivity index (χ2v) is 7.22. The van der Waals surface area contributed by atoms with E-state index in [1.165, 1.54) is 24.8 Å². The maximum Gasteiger partial charge on any atom is 0.236 e. The van der Waals surface area contributed by atoms with Gasteiger partial charge >= 0.3 is 0 Å². The van der Waals surface area contributed by atoms with Crippen LogP contribution in [-0.2, 0) is 4.79 Å². The Morgan fingerprint density at radius 1 is 1.00 bits per heavy atom. The van der Waals surface area contributed by atoms with Gasteiger partial charge in [-0.1, -0.05) is 12.1 Å². The van der Waals surface area contributed by atoms with E-state index in [0.717, 1.165) is 58.2 Å².